The van der Waals surface area contributed by atoms with Crippen molar-refractivity contribution in [2.45, 2.75) is 6.42 Å². The number of aliphatic hydroxyl groups excluding tert-OH is 1. The number of nitrogens with zero attached hydrogens (tertiary/aromatic N) is 2. The van der Waals surface area contributed by atoms with Crippen molar-refractivity contribution in [2.24, 2.45) is 11.5 Å². The summed E-state index contributed by atoms with van der Waals surface area (Å²) in [4.78, 5) is 44.0. The van der Waals surface area contributed by atoms with Gasteiger partial charge in [-0.25, -0.2) is 4.98 Å². The van der Waals surface area contributed by atoms with Crippen LogP contribution in [0.1, 0.15) is 16.8 Å². The zero-order valence-corrected chi connectivity index (χ0v) is 19.7. The first-order chi connectivity index (χ1) is 17.3. The molecule has 0 radical (unpaired) electrons. The quantitative estimate of drug-likeness (QED) is 0.154. The van der Waals surface area contributed by atoms with Gasteiger partial charge >= 0.3 is 0 Å². The molecule has 188 valence electrons. The first-order valence-electron chi connectivity index (χ1n) is 10.7. The van der Waals surface area contributed by atoms with Crippen molar-refractivity contribution in [2.75, 3.05) is 35.7 Å². The number of aliphatic hydroxyl groups is 1. The van der Waals surface area contributed by atoms with Crippen LogP contribution in [0.4, 0.5) is 28.8 Å². The molecule has 13 heteroatoms. The van der Waals surface area contributed by atoms with Gasteiger partial charge in [0.2, 0.25) is 11.9 Å². The molecule has 1 aromatic heterocycles. The SMILES string of the molecule is NCCOc1ccc(Nc2ncc(Cl)c(Nc3ccccc3C(=O)C(N)=O)n2)cc1NC(=O)CCO. The Bertz CT molecular complexity index is 1270. The molecule has 8 N–H and O–H groups in total. The Morgan fingerprint density at radius 3 is 2.58 bits per heavy atom. The Labute approximate surface area is 211 Å². The number of carbonyl (C=O) groups excluding carboxylic acids is 3. The predicted molar refractivity (Wildman–Crippen MR) is 135 cm³/mol. The number of amides is 2. The molecule has 0 aliphatic rings. The van der Waals surface area contributed by atoms with Crippen molar-refractivity contribution < 1.29 is 24.2 Å². The van der Waals surface area contributed by atoms with E-state index in [0.717, 1.165) is 0 Å². The summed E-state index contributed by atoms with van der Waals surface area (Å²) in [6.07, 6.45) is 1.27. The van der Waals surface area contributed by atoms with Gasteiger partial charge in [0, 0.05) is 12.2 Å². The fourth-order valence-corrected chi connectivity index (χ4v) is 3.15. The Hall–Kier alpha value is -4.26. The number of carbonyl (C=O) groups is 3. The van der Waals surface area contributed by atoms with Gasteiger partial charge in [0.1, 0.15) is 17.4 Å². The molecule has 2 amide bonds. The summed E-state index contributed by atoms with van der Waals surface area (Å²) in [5.41, 5.74) is 11.8. The van der Waals surface area contributed by atoms with E-state index in [4.69, 9.17) is 32.9 Å². The van der Waals surface area contributed by atoms with Crippen molar-refractivity contribution in [3.05, 3.63) is 59.2 Å². The summed E-state index contributed by atoms with van der Waals surface area (Å²) >= 11 is 6.24. The Kier molecular flexibility index (Phi) is 9.11. The van der Waals surface area contributed by atoms with Crippen LogP contribution in [0.5, 0.6) is 5.75 Å². The van der Waals surface area contributed by atoms with E-state index in [-0.39, 0.29) is 54.2 Å². The summed E-state index contributed by atoms with van der Waals surface area (Å²) in [6.45, 7) is 0.225. The van der Waals surface area contributed by atoms with Crippen molar-refractivity contribution in [3.8, 4) is 5.75 Å². The number of ketones is 1. The standard InChI is InChI=1S/C23H24ClN7O5/c24-15-12-27-23(31-22(15)30-16-4-2-1-3-14(16)20(34)21(26)35)28-13-5-6-18(36-10-8-25)17(11-13)29-19(33)7-9-32/h1-6,11-12,32H,7-10,25H2,(H2,26,35)(H,29,33)(H2,27,28,30,31). The molecule has 0 spiro atoms. The van der Waals surface area contributed by atoms with E-state index >= 15 is 0 Å². The van der Waals surface area contributed by atoms with Crippen molar-refractivity contribution in [3.63, 3.8) is 0 Å². The van der Waals surface area contributed by atoms with E-state index in [1.54, 1.807) is 36.4 Å². The van der Waals surface area contributed by atoms with E-state index < -0.39 is 17.6 Å². The lowest BCUT2D eigenvalue weighted by molar-refractivity contribution is -0.117. The molecule has 0 atom stereocenters. The molecule has 0 bridgehead atoms. The van der Waals surface area contributed by atoms with Crippen molar-refractivity contribution >= 4 is 58.0 Å². The maximum atomic E-state index is 12.1. The number of benzene rings is 2. The lowest BCUT2D eigenvalue weighted by atomic mass is 10.1. The van der Waals surface area contributed by atoms with Gasteiger partial charge < -0.3 is 37.3 Å². The number of nitrogens with two attached hydrogens (primary N) is 2. The third kappa shape index (κ3) is 6.88. The molecule has 12 nitrogen and oxygen atoms in total. The number of hydrogen-bond acceptors (Lipinski definition) is 10. The molecule has 0 fully saturated rings. The minimum Gasteiger partial charge on any atom is -0.490 e. The number of ether oxygens (including phenoxy) is 1. The second-order valence-electron chi connectivity index (χ2n) is 7.25. The van der Waals surface area contributed by atoms with Crippen LogP contribution >= 0.6 is 11.6 Å². The highest BCUT2D eigenvalue weighted by Crippen LogP contribution is 2.31. The first-order valence-corrected chi connectivity index (χ1v) is 11.1. The van der Waals surface area contributed by atoms with Gasteiger partial charge in [-0.05, 0) is 30.3 Å². The molecule has 0 unspecified atom stereocenters. The van der Waals surface area contributed by atoms with Gasteiger partial charge in [0.05, 0.1) is 36.2 Å². The van der Waals surface area contributed by atoms with Crippen LogP contribution < -0.4 is 32.2 Å². The molecule has 1 heterocycles. The molecule has 3 aromatic rings. The van der Waals surface area contributed by atoms with Gasteiger partial charge in [-0.15, -0.1) is 0 Å². The number of halogens is 1. The van der Waals surface area contributed by atoms with Crippen LogP contribution in [-0.4, -0.2) is 52.4 Å². The first kappa shape index (κ1) is 26.3. The number of rotatable bonds is 12. The molecule has 0 aliphatic heterocycles. The van der Waals surface area contributed by atoms with Crippen LogP contribution in [0.2, 0.25) is 5.02 Å². The monoisotopic (exact) mass is 513 g/mol. The summed E-state index contributed by atoms with van der Waals surface area (Å²) in [5.74, 6) is -1.66. The van der Waals surface area contributed by atoms with E-state index in [9.17, 15) is 14.4 Å². The van der Waals surface area contributed by atoms with Crippen LogP contribution in [0, 0.1) is 0 Å². The smallest absolute Gasteiger partial charge is 0.289 e. The molecular formula is C23H24ClN7O5. The van der Waals surface area contributed by atoms with Gasteiger partial charge in [-0.3, -0.25) is 14.4 Å². The minimum atomic E-state index is -1.10. The Balaban J connectivity index is 1.86. The van der Waals surface area contributed by atoms with Gasteiger partial charge in [-0.2, -0.15) is 4.98 Å². The van der Waals surface area contributed by atoms with Crippen molar-refractivity contribution in [1.82, 2.24) is 9.97 Å². The normalized spacial score (nSPS) is 10.4. The van der Waals surface area contributed by atoms with Crippen molar-refractivity contribution in [1.29, 1.82) is 0 Å². The third-order valence-corrected chi connectivity index (χ3v) is 4.89. The number of nitrogens with one attached hydrogen (secondary N) is 3. The average molecular weight is 514 g/mol. The van der Waals surface area contributed by atoms with Gasteiger partial charge in [0.25, 0.3) is 11.7 Å². The minimum absolute atomic E-state index is 0.0607. The number of Topliss-reactive ketones (excluding diaryl/α,β-unsaturated/α-hetero) is 1. The topological polar surface area (TPSA) is 195 Å². The Morgan fingerprint density at radius 2 is 1.86 bits per heavy atom. The molecular weight excluding hydrogens is 490 g/mol. The number of anilines is 5. The number of hydrogen-bond donors (Lipinski definition) is 6. The number of para-hydroxylation sites is 1. The third-order valence-electron chi connectivity index (χ3n) is 4.62. The summed E-state index contributed by atoms with van der Waals surface area (Å²) in [7, 11) is 0. The van der Waals surface area contributed by atoms with Gasteiger partial charge in [-0.1, -0.05) is 23.7 Å². The van der Waals surface area contributed by atoms with E-state index in [1.807, 2.05) is 0 Å². The zero-order chi connectivity index (χ0) is 26.1. The van der Waals surface area contributed by atoms with E-state index in [0.29, 0.717) is 17.1 Å². The second kappa shape index (κ2) is 12.4. The molecule has 0 aliphatic carbocycles. The highest BCUT2D eigenvalue weighted by atomic mass is 35.5. The van der Waals surface area contributed by atoms with Crippen LogP contribution in [0.15, 0.2) is 48.7 Å². The second-order valence-corrected chi connectivity index (χ2v) is 7.66. The summed E-state index contributed by atoms with van der Waals surface area (Å²) in [6, 6.07) is 11.2. The summed E-state index contributed by atoms with van der Waals surface area (Å²) in [5, 5.41) is 17.8. The zero-order valence-electron chi connectivity index (χ0n) is 19.0. The van der Waals surface area contributed by atoms with Crippen LogP contribution in [0.3, 0.4) is 0 Å². The molecule has 36 heavy (non-hydrogen) atoms. The maximum absolute atomic E-state index is 12.1. The highest BCUT2D eigenvalue weighted by molar-refractivity contribution is 6.43. The van der Waals surface area contributed by atoms with E-state index in [2.05, 4.69) is 25.9 Å². The number of primary amides is 1. The fraction of sp³-hybridized carbons (Fsp3) is 0.174. The predicted octanol–water partition coefficient (Wildman–Crippen LogP) is 1.94. The average Bonchev–Trinajstić information content (AvgIpc) is 2.85. The van der Waals surface area contributed by atoms with Gasteiger partial charge in [0.15, 0.2) is 5.82 Å². The molecule has 3 rings (SSSR count). The molecule has 0 saturated carbocycles. The summed E-state index contributed by atoms with van der Waals surface area (Å²) < 4.78 is 5.57. The molecule has 2 aromatic carbocycles. The lowest BCUT2D eigenvalue weighted by Crippen LogP contribution is -2.23. The fourth-order valence-electron chi connectivity index (χ4n) is 3.01. The lowest BCUT2D eigenvalue weighted by Gasteiger charge is -2.15. The molecule has 0 saturated heterocycles. The Morgan fingerprint density at radius 1 is 1.08 bits per heavy atom. The van der Waals surface area contributed by atoms with E-state index in [1.165, 1.54) is 12.3 Å². The van der Waals surface area contributed by atoms with Crippen LogP contribution in [0.25, 0.3) is 0 Å². The maximum Gasteiger partial charge on any atom is 0.289 e. The highest BCUT2D eigenvalue weighted by Gasteiger charge is 2.18. The number of aromatic nitrogens is 2. The largest absolute Gasteiger partial charge is 0.490 e. The van der Waals surface area contributed by atoms with Crippen LogP contribution in [-0.2, 0) is 9.59 Å².